The lowest BCUT2D eigenvalue weighted by Crippen LogP contribution is -2.37. The number of rotatable bonds is 6. The summed E-state index contributed by atoms with van der Waals surface area (Å²) < 4.78 is 37.0. The second-order valence-electron chi connectivity index (χ2n) is 4.52. The number of ether oxygens (including phenoxy) is 1. The van der Waals surface area contributed by atoms with Gasteiger partial charge in [-0.1, -0.05) is 6.92 Å². The Hall–Kier alpha value is -0.890. The van der Waals surface area contributed by atoms with Gasteiger partial charge in [0.1, 0.15) is 5.76 Å². The van der Waals surface area contributed by atoms with E-state index < -0.39 is 10.0 Å². The van der Waals surface area contributed by atoms with E-state index in [0.29, 0.717) is 25.5 Å². The van der Waals surface area contributed by atoms with Crippen molar-refractivity contribution in [2.45, 2.75) is 37.5 Å². The van der Waals surface area contributed by atoms with Crippen LogP contribution >= 0.6 is 0 Å². The first-order valence-electron chi connectivity index (χ1n) is 6.48. The van der Waals surface area contributed by atoms with E-state index in [1.165, 1.54) is 10.4 Å². The maximum Gasteiger partial charge on any atom is 0.276 e. The quantitative estimate of drug-likeness (QED) is 0.841. The average Bonchev–Trinajstić information content (AvgIpc) is 3.06. The van der Waals surface area contributed by atoms with Crippen molar-refractivity contribution < 1.29 is 17.6 Å². The zero-order chi connectivity index (χ0) is 13.9. The molecule has 0 aliphatic carbocycles. The third-order valence-corrected chi connectivity index (χ3v) is 5.03. The van der Waals surface area contributed by atoms with Gasteiger partial charge in [-0.05, 0) is 25.0 Å². The summed E-state index contributed by atoms with van der Waals surface area (Å²) in [6, 6.07) is 3.04. The molecule has 0 radical (unpaired) electrons. The van der Waals surface area contributed by atoms with Gasteiger partial charge in [0.25, 0.3) is 10.0 Å². The SMILES string of the molecule is CCN(CC1CCCO1)S(=O)(=O)c1ccc(CN)o1. The summed E-state index contributed by atoms with van der Waals surface area (Å²) in [6.07, 6.45) is 1.87. The van der Waals surface area contributed by atoms with Crippen LogP contribution in [0.25, 0.3) is 0 Å². The Morgan fingerprint density at radius 2 is 2.26 bits per heavy atom. The minimum Gasteiger partial charge on any atom is -0.447 e. The van der Waals surface area contributed by atoms with Gasteiger partial charge in [0.2, 0.25) is 5.09 Å². The smallest absolute Gasteiger partial charge is 0.276 e. The minimum atomic E-state index is -3.60. The van der Waals surface area contributed by atoms with Gasteiger partial charge in [-0.3, -0.25) is 0 Å². The molecule has 1 fully saturated rings. The van der Waals surface area contributed by atoms with Gasteiger partial charge in [0, 0.05) is 19.7 Å². The second-order valence-corrected chi connectivity index (χ2v) is 6.38. The molecule has 0 amide bonds. The predicted octanol–water partition coefficient (Wildman–Crippen LogP) is 0.928. The topological polar surface area (TPSA) is 85.8 Å². The summed E-state index contributed by atoms with van der Waals surface area (Å²) in [5.41, 5.74) is 5.42. The van der Waals surface area contributed by atoms with Crippen molar-refractivity contribution in [3.05, 3.63) is 17.9 Å². The van der Waals surface area contributed by atoms with Crippen molar-refractivity contribution in [1.82, 2.24) is 4.31 Å². The third kappa shape index (κ3) is 3.17. The van der Waals surface area contributed by atoms with Crippen molar-refractivity contribution in [3.8, 4) is 0 Å². The first-order valence-corrected chi connectivity index (χ1v) is 7.92. The molecular weight excluding hydrogens is 268 g/mol. The normalized spacial score (nSPS) is 20.3. The highest BCUT2D eigenvalue weighted by atomic mass is 32.2. The Kier molecular flexibility index (Phi) is 4.62. The number of sulfonamides is 1. The van der Waals surface area contributed by atoms with E-state index in [9.17, 15) is 8.42 Å². The molecule has 7 heteroatoms. The molecule has 19 heavy (non-hydrogen) atoms. The molecule has 0 bridgehead atoms. The van der Waals surface area contributed by atoms with E-state index in [4.69, 9.17) is 14.9 Å². The Balaban J connectivity index is 2.15. The zero-order valence-corrected chi connectivity index (χ0v) is 11.9. The summed E-state index contributed by atoms with van der Waals surface area (Å²) in [4.78, 5) is 0. The van der Waals surface area contributed by atoms with Gasteiger partial charge in [0.15, 0.2) is 0 Å². The highest BCUT2D eigenvalue weighted by Crippen LogP contribution is 2.21. The second kappa shape index (κ2) is 6.04. The van der Waals surface area contributed by atoms with Gasteiger partial charge in [-0.15, -0.1) is 0 Å². The molecule has 1 aromatic heterocycles. The fourth-order valence-electron chi connectivity index (χ4n) is 2.15. The molecule has 1 atom stereocenters. The van der Waals surface area contributed by atoms with E-state index in [1.807, 2.05) is 0 Å². The monoisotopic (exact) mass is 288 g/mol. The zero-order valence-electron chi connectivity index (χ0n) is 11.0. The molecule has 108 valence electrons. The number of likely N-dealkylation sites (N-methyl/N-ethyl adjacent to an activating group) is 1. The van der Waals surface area contributed by atoms with Gasteiger partial charge in [0.05, 0.1) is 12.6 Å². The molecule has 2 rings (SSSR count). The van der Waals surface area contributed by atoms with Gasteiger partial charge >= 0.3 is 0 Å². The fourth-order valence-corrected chi connectivity index (χ4v) is 3.56. The maximum absolute atomic E-state index is 12.4. The molecule has 2 heterocycles. The van der Waals surface area contributed by atoms with Crippen LogP contribution in [0.2, 0.25) is 0 Å². The molecule has 1 aliphatic rings. The van der Waals surface area contributed by atoms with Crippen LogP contribution in [-0.4, -0.2) is 38.5 Å². The fraction of sp³-hybridized carbons (Fsp3) is 0.667. The molecule has 1 aromatic rings. The van der Waals surface area contributed by atoms with Crippen LogP contribution in [0.5, 0.6) is 0 Å². The molecule has 6 nitrogen and oxygen atoms in total. The number of hydrogen-bond donors (Lipinski definition) is 1. The van der Waals surface area contributed by atoms with Crippen molar-refractivity contribution in [2.75, 3.05) is 19.7 Å². The predicted molar refractivity (Wildman–Crippen MR) is 70.0 cm³/mol. The van der Waals surface area contributed by atoms with E-state index in [-0.39, 0.29) is 17.7 Å². The van der Waals surface area contributed by atoms with E-state index in [0.717, 1.165) is 12.8 Å². The number of nitrogens with two attached hydrogens (primary N) is 1. The van der Waals surface area contributed by atoms with Gasteiger partial charge < -0.3 is 14.9 Å². The lowest BCUT2D eigenvalue weighted by molar-refractivity contribution is 0.0943. The summed E-state index contributed by atoms with van der Waals surface area (Å²) in [7, 11) is -3.60. The summed E-state index contributed by atoms with van der Waals surface area (Å²) in [6.45, 7) is 3.46. The number of hydrogen-bond acceptors (Lipinski definition) is 5. The lowest BCUT2D eigenvalue weighted by Gasteiger charge is -2.22. The lowest BCUT2D eigenvalue weighted by atomic mass is 10.2. The average molecular weight is 288 g/mol. The van der Waals surface area contributed by atoms with Crippen molar-refractivity contribution in [2.24, 2.45) is 5.73 Å². The highest BCUT2D eigenvalue weighted by molar-refractivity contribution is 7.89. The highest BCUT2D eigenvalue weighted by Gasteiger charge is 2.30. The maximum atomic E-state index is 12.4. The van der Waals surface area contributed by atoms with Crippen molar-refractivity contribution in [3.63, 3.8) is 0 Å². The molecule has 1 aliphatic heterocycles. The van der Waals surface area contributed by atoms with E-state index >= 15 is 0 Å². The Bertz CT molecular complexity index is 506. The van der Waals surface area contributed by atoms with Crippen LogP contribution in [0.1, 0.15) is 25.5 Å². The van der Waals surface area contributed by atoms with Crippen LogP contribution in [0.4, 0.5) is 0 Å². The Labute approximate surface area is 113 Å². The first kappa shape index (κ1) is 14.5. The molecular formula is C12H20N2O4S. The summed E-state index contributed by atoms with van der Waals surface area (Å²) >= 11 is 0. The van der Waals surface area contributed by atoms with Crippen molar-refractivity contribution in [1.29, 1.82) is 0 Å². The van der Waals surface area contributed by atoms with Crippen LogP contribution in [0, 0.1) is 0 Å². The third-order valence-electron chi connectivity index (χ3n) is 3.22. The number of furan rings is 1. The van der Waals surface area contributed by atoms with Crippen LogP contribution in [0.3, 0.4) is 0 Å². The largest absolute Gasteiger partial charge is 0.447 e. The standard InChI is InChI=1S/C12H20N2O4S/c1-2-14(9-11-4-3-7-17-11)19(15,16)12-6-5-10(8-13)18-12/h5-6,11H,2-4,7-9,13H2,1H3. The molecule has 0 aromatic carbocycles. The van der Waals surface area contributed by atoms with Crippen molar-refractivity contribution >= 4 is 10.0 Å². The van der Waals surface area contributed by atoms with Crippen LogP contribution in [-0.2, 0) is 21.3 Å². The first-order chi connectivity index (χ1) is 9.07. The Morgan fingerprint density at radius 3 is 2.79 bits per heavy atom. The summed E-state index contributed by atoms with van der Waals surface area (Å²) in [5.74, 6) is 0.465. The van der Waals surface area contributed by atoms with Crippen LogP contribution in [0.15, 0.2) is 21.6 Å². The van der Waals surface area contributed by atoms with Gasteiger partial charge in [-0.2, -0.15) is 4.31 Å². The molecule has 1 saturated heterocycles. The molecule has 0 saturated carbocycles. The van der Waals surface area contributed by atoms with E-state index in [1.54, 1.807) is 13.0 Å². The van der Waals surface area contributed by atoms with E-state index in [2.05, 4.69) is 0 Å². The van der Waals surface area contributed by atoms with Crippen LogP contribution < -0.4 is 5.73 Å². The molecule has 2 N–H and O–H groups in total. The molecule has 0 spiro atoms. The Morgan fingerprint density at radius 1 is 1.47 bits per heavy atom. The summed E-state index contributed by atoms with van der Waals surface area (Å²) in [5, 5.41) is -0.0483. The molecule has 1 unspecified atom stereocenters. The number of nitrogens with zero attached hydrogens (tertiary/aromatic N) is 1. The van der Waals surface area contributed by atoms with Gasteiger partial charge in [-0.25, -0.2) is 8.42 Å². The minimum absolute atomic E-state index is 0.0151.